The number of hydrogen-bond donors (Lipinski definition) is 1. The Hall–Kier alpha value is -4.07. The molecule has 0 saturated heterocycles. The van der Waals surface area contributed by atoms with Crippen molar-refractivity contribution in [2.75, 3.05) is 11.9 Å². The van der Waals surface area contributed by atoms with Crippen LogP contribution in [0, 0.1) is 17.7 Å². The summed E-state index contributed by atoms with van der Waals surface area (Å²) in [5.41, 5.74) is 1.24. The number of fused-ring (bicyclic) bond motifs is 1. The Morgan fingerprint density at radius 3 is 2.53 bits per heavy atom. The molecule has 1 fully saturated rings. The van der Waals surface area contributed by atoms with Crippen LogP contribution in [0.3, 0.4) is 0 Å². The van der Waals surface area contributed by atoms with Crippen LogP contribution in [0.15, 0.2) is 60.8 Å². The Labute approximate surface area is 207 Å². The number of nitrogens with zero attached hydrogens (tertiary/aromatic N) is 1. The van der Waals surface area contributed by atoms with E-state index in [9.17, 15) is 18.8 Å². The summed E-state index contributed by atoms with van der Waals surface area (Å²) in [7, 11) is 0. The number of ketones is 2. The maximum atomic E-state index is 13.1. The van der Waals surface area contributed by atoms with E-state index in [0.717, 1.165) is 18.4 Å². The topological polar surface area (TPSA) is 94.6 Å². The zero-order valence-corrected chi connectivity index (χ0v) is 19.5. The monoisotopic (exact) mass is 488 g/mol. The quantitative estimate of drug-likeness (QED) is 0.419. The zero-order chi connectivity index (χ0) is 25.1. The van der Waals surface area contributed by atoms with Gasteiger partial charge in [-0.15, -0.1) is 0 Å². The first-order valence-corrected chi connectivity index (χ1v) is 12.0. The van der Waals surface area contributed by atoms with Gasteiger partial charge in [-0.25, -0.2) is 9.37 Å². The maximum Gasteiger partial charge on any atom is 0.228 e. The number of amides is 1. The van der Waals surface area contributed by atoms with Gasteiger partial charge in [0, 0.05) is 36.6 Å². The number of ether oxygens (including phenoxy) is 2. The Bertz CT molecular complexity index is 1300. The van der Waals surface area contributed by atoms with E-state index in [1.165, 1.54) is 24.3 Å². The predicted molar refractivity (Wildman–Crippen MR) is 130 cm³/mol. The van der Waals surface area contributed by atoms with Gasteiger partial charge in [0.2, 0.25) is 5.91 Å². The number of carbonyl (C=O) groups is 3. The van der Waals surface area contributed by atoms with Gasteiger partial charge < -0.3 is 14.8 Å². The van der Waals surface area contributed by atoms with Gasteiger partial charge in [0.05, 0.1) is 12.5 Å². The third kappa shape index (κ3) is 5.76. The molecule has 1 amide bonds. The molecule has 2 aromatic carbocycles. The summed E-state index contributed by atoms with van der Waals surface area (Å²) < 4.78 is 24.8. The lowest BCUT2D eigenvalue weighted by Crippen LogP contribution is -2.28. The number of nitrogens with one attached hydrogen (secondary N) is 1. The number of carbonyl (C=O) groups excluding carboxylic acids is 3. The van der Waals surface area contributed by atoms with Crippen LogP contribution in [-0.2, 0) is 16.0 Å². The third-order valence-corrected chi connectivity index (χ3v) is 6.32. The van der Waals surface area contributed by atoms with Crippen molar-refractivity contribution >= 4 is 23.3 Å². The maximum absolute atomic E-state index is 13.1. The minimum absolute atomic E-state index is 0.0272. The van der Waals surface area contributed by atoms with Gasteiger partial charge >= 0.3 is 0 Å². The summed E-state index contributed by atoms with van der Waals surface area (Å²) in [5.74, 6) is 1.27. The molecule has 7 nitrogen and oxygen atoms in total. The van der Waals surface area contributed by atoms with E-state index in [1.807, 2.05) is 6.07 Å². The van der Waals surface area contributed by atoms with Crippen molar-refractivity contribution in [2.24, 2.45) is 11.8 Å². The molecular weight excluding hydrogens is 463 g/mol. The highest BCUT2D eigenvalue weighted by atomic mass is 19.1. The predicted octanol–water partition coefficient (Wildman–Crippen LogP) is 5.14. The fraction of sp³-hybridized carbons (Fsp3) is 0.286. The van der Waals surface area contributed by atoms with E-state index in [4.69, 9.17) is 9.47 Å². The molecule has 0 bridgehead atoms. The second-order valence-corrected chi connectivity index (χ2v) is 9.12. The summed E-state index contributed by atoms with van der Waals surface area (Å²) >= 11 is 0. The first kappa shape index (κ1) is 23.7. The van der Waals surface area contributed by atoms with Gasteiger partial charge in [-0.1, -0.05) is 0 Å². The summed E-state index contributed by atoms with van der Waals surface area (Å²) in [5, 5.41) is 2.80. The van der Waals surface area contributed by atoms with Crippen molar-refractivity contribution in [1.82, 2.24) is 4.98 Å². The van der Waals surface area contributed by atoms with Gasteiger partial charge in [-0.2, -0.15) is 0 Å². The zero-order valence-electron chi connectivity index (χ0n) is 19.5. The minimum Gasteiger partial charge on any atom is -0.493 e. The van der Waals surface area contributed by atoms with Gasteiger partial charge in [-0.3, -0.25) is 14.4 Å². The smallest absolute Gasteiger partial charge is 0.228 e. The van der Waals surface area contributed by atoms with Crippen LogP contribution in [0.5, 0.6) is 17.2 Å². The van der Waals surface area contributed by atoms with E-state index in [2.05, 4.69) is 10.3 Å². The number of rotatable bonds is 9. The summed E-state index contributed by atoms with van der Waals surface area (Å²) in [6, 6.07) is 14.1. The second-order valence-electron chi connectivity index (χ2n) is 9.12. The Morgan fingerprint density at radius 1 is 0.972 bits per heavy atom. The van der Waals surface area contributed by atoms with Crippen molar-refractivity contribution in [3.63, 3.8) is 0 Å². The lowest BCUT2D eigenvalue weighted by atomic mass is 9.90. The van der Waals surface area contributed by atoms with Crippen LogP contribution in [0.25, 0.3) is 0 Å². The van der Waals surface area contributed by atoms with Crippen LogP contribution in [0.4, 0.5) is 10.2 Å². The molecule has 1 atom stereocenters. The fourth-order valence-corrected chi connectivity index (χ4v) is 4.12. The standard InChI is InChI=1S/C28H25FN2O5/c29-21-5-3-17(4-6-21)24(32)8-9-25(33)20-13-19-14-22(7-10-26(19)35-16-20)36-23-11-12-30-27(15-23)31-28(34)18-1-2-18/h3-7,10-12,14-15,18,20H,1-2,8-9,13,16H2,(H,30,31,34). The molecule has 8 heteroatoms. The molecule has 1 unspecified atom stereocenters. The van der Waals surface area contributed by atoms with Crippen molar-refractivity contribution in [3.05, 3.63) is 77.7 Å². The molecule has 184 valence electrons. The number of Topliss-reactive ketones (excluding diaryl/α,β-unsaturated/α-hetero) is 2. The van der Waals surface area contributed by atoms with E-state index < -0.39 is 5.82 Å². The molecule has 1 saturated carbocycles. The first-order valence-electron chi connectivity index (χ1n) is 12.0. The Kier molecular flexibility index (Phi) is 6.75. The SMILES string of the molecule is O=C(CCC(=O)C1COc2ccc(Oc3ccnc(NC(=O)C4CC4)c3)cc2C1)c1ccc(F)cc1. The van der Waals surface area contributed by atoms with Crippen molar-refractivity contribution in [1.29, 1.82) is 0 Å². The van der Waals surface area contributed by atoms with Crippen LogP contribution < -0.4 is 14.8 Å². The molecule has 1 aliphatic heterocycles. The Balaban J connectivity index is 1.19. The molecule has 1 N–H and O–H groups in total. The van der Waals surface area contributed by atoms with Crippen LogP contribution in [0.1, 0.15) is 41.6 Å². The van der Waals surface area contributed by atoms with Crippen molar-refractivity contribution in [3.8, 4) is 17.2 Å². The summed E-state index contributed by atoms with van der Waals surface area (Å²) in [6.07, 6.45) is 4.04. The molecule has 36 heavy (non-hydrogen) atoms. The molecule has 3 aromatic rings. The van der Waals surface area contributed by atoms with E-state index in [0.29, 0.717) is 35.1 Å². The number of pyridine rings is 1. The van der Waals surface area contributed by atoms with Gasteiger partial charge in [0.15, 0.2) is 5.78 Å². The lowest BCUT2D eigenvalue weighted by Gasteiger charge is -2.25. The number of benzene rings is 2. The highest BCUT2D eigenvalue weighted by Gasteiger charge is 2.30. The largest absolute Gasteiger partial charge is 0.493 e. The second kappa shape index (κ2) is 10.3. The highest BCUT2D eigenvalue weighted by molar-refractivity contribution is 5.98. The average molecular weight is 489 g/mol. The summed E-state index contributed by atoms with van der Waals surface area (Å²) in [4.78, 5) is 41.3. The first-order chi connectivity index (χ1) is 17.4. The van der Waals surface area contributed by atoms with E-state index in [1.54, 1.807) is 30.5 Å². The lowest BCUT2D eigenvalue weighted by molar-refractivity contribution is -0.124. The number of hydrogen-bond acceptors (Lipinski definition) is 6. The normalized spacial score (nSPS) is 16.4. The van der Waals surface area contributed by atoms with Crippen LogP contribution in [-0.4, -0.2) is 29.1 Å². The number of halogens is 1. The van der Waals surface area contributed by atoms with Gasteiger partial charge in [0.1, 0.15) is 34.7 Å². The molecule has 0 radical (unpaired) electrons. The minimum atomic E-state index is -0.409. The molecule has 1 aromatic heterocycles. The van der Waals surface area contributed by atoms with E-state index >= 15 is 0 Å². The van der Waals surface area contributed by atoms with E-state index in [-0.39, 0.29) is 48.8 Å². The third-order valence-electron chi connectivity index (χ3n) is 6.32. The van der Waals surface area contributed by atoms with Crippen LogP contribution >= 0.6 is 0 Å². The number of anilines is 1. The number of aromatic nitrogens is 1. The summed E-state index contributed by atoms with van der Waals surface area (Å²) in [6.45, 7) is 0.255. The fourth-order valence-electron chi connectivity index (χ4n) is 4.12. The van der Waals surface area contributed by atoms with Crippen LogP contribution in [0.2, 0.25) is 0 Å². The van der Waals surface area contributed by atoms with Gasteiger partial charge in [0.25, 0.3) is 0 Å². The molecule has 0 spiro atoms. The molecule has 2 heterocycles. The molecule has 2 aliphatic rings. The van der Waals surface area contributed by atoms with Gasteiger partial charge in [-0.05, 0) is 73.4 Å². The Morgan fingerprint density at radius 2 is 1.75 bits per heavy atom. The van der Waals surface area contributed by atoms with Crippen molar-refractivity contribution in [2.45, 2.75) is 32.1 Å². The van der Waals surface area contributed by atoms with Crippen molar-refractivity contribution < 1.29 is 28.2 Å². The molecule has 5 rings (SSSR count). The average Bonchev–Trinajstić information content (AvgIpc) is 3.73. The molecular formula is C28H25FN2O5. The molecule has 1 aliphatic carbocycles. The highest BCUT2D eigenvalue weighted by Crippen LogP contribution is 2.34.